The van der Waals surface area contributed by atoms with Crippen LogP contribution in [0.15, 0.2) is 28.8 Å². The molecule has 2 amide bonds. The number of rotatable bonds is 7. The number of ether oxygens (including phenoxy) is 2. The lowest BCUT2D eigenvalue weighted by Crippen LogP contribution is -2.50. The number of amides is 2. The molecule has 1 aromatic heterocycles. The molecule has 1 saturated heterocycles. The number of aryl methyl sites for hydroxylation is 2. The van der Waals surface area contributed by atoms with Crippen LogP contribution in [0.25, 0.3) is 6.08 Å². The summed E-state index contributed by atoms with van der Waals surface area (Å²) in [5.74, 6) is 1.97. The van der Waals surface area contributed by atoms with E-state index in [-0.39, 0.29) is 11.8 Å². The smallest absolute Gasteiger partial charge is 0.246 e. The van der Waals surface area contributed by atoms with Gasteiger partial charge in [-0.25, -0.2) is 0 Å². The van der Waals surface area contributed by atoms with Crippen molar-refractivity contribution in [2.45, 2.75) is 33.8 Å². The second-order valence-corrected chi connectivity index (χ2v) is 7.39. The molecule has 3 rings (SSSR count). The molecule has 1 aromatic carbocycles. The third kappa shape index (κ3) is 5.45. The standard InChI is InChI=1S/C23H29N3O5/c1-5-22(27)25-10-12-26(13-11-25)23(28)9-7-18-6-8-20(21(14-18)29-4)30-15-19-16(2)24-31-17(19)3/h6-9,14H,5,10-13,15H2,1-4H3/b9-7+. The van der Waals surface area contributed by atoms with Crippen molar-refractivity contribution in [2.24, 2.45) is 0 Å². The number of aromatic nitrogens is 1. The maximum absolute atomic E-state index is 12.5. The van der Waals surface area contributed by atoms with Crippen LogP contribution in [0.5, 0.6) is 11.5 Å². The number of hydrogen-bond acceptors (Lipinski definition) is 6. The molecular weight excluding hydrogens is 398 g/mol. The fraction of sp³-hybridized carbons (Fsp3) is 0.435. The number of nitrogens with zero attached hydrogens (tertiary/aromatic N) is 3. The molecule has 2 heterocycles. The number of piperazine rings is 1. The van der Waals surface area contributed by atoms with Gasteiger partial charge in [0.15, 0.2) is 11.5 Å². The molecule has 166 valence electrons. The van der Waals surface area contributed by atoms with E-state index in [9.17, 15) is 9.59 Å². The van der Waals surface area contributed by atoms with Crippen LogP contribution in [0.2, 0.25) is 0 Å². The van der Waals surface area contributed by atoms with Gasteiger partial charge >= 0.3 is 0 Å². The summed E-state index contributed by atoms with van der Waals surface area (Å²) in [4.78, 5) is 27.8. The monoisotopic (exact) mass is 427 g/mol. The van der Waals surface area contributed by atoms with Gasteiger partial charge in [-0.05, 0) is 37.6 Å². The van der Waals surface area contributed by atoms with Gasteiger partial charge in [-0.15, -0.1) is 0 Å². The summed E-state index contributed by atoms with van der Waals surface area (Å²) in [6.07, 6.45) is 3.80. The molecule has 31 heavy (non-hydrogen) atoms. The second-order valence-electron chi connectivity index (χ2n) is 7.39. The van der Waals surface area contributed by atoms with E-state index in [4.69, 9.17) is 14.0 Å². The molecule has 2 aromatic rings. The van der Waals surface area contributed by atoms with E-state index in [1.54, 1.807) is 29.1 Å². The summed E-state index contributed by atoms with van der Waals surface area (Å²) < 4.78 is 16.5. The first-order valence-corrected chi connectivity index (χ1v) is 10.4. The summed E-state index contributed by atoms with van der Waals surface area (Å²) in [5.41, 5.74) is 2.54. The number of carbonyl (C=O) groups excluding carboxylic acids is 2. The van der Waals surface area contributed by atoms with Crippen LogP contribution < -0.4 is 9.47 Å². The van der Waals surface area contributed by atoms with Crippen molar-refractivity contribution in [2.75, 3.05) is 33.3 Å². The molecule has 0 aliphatic carbocycles. The van der Waals surface area contributed by atoms with Gasteiger partial charge in [0.05, 0.1) is 18.4 Å². The van der Waals surface area contributed by atoms with Crippen molar-refractivity contribution >= 4 is 17.9 Å². The van der Waals surface area contributed by atoms with Gasteiger partial charge in [0.25, 0.3) is 0 Å². The molecule has 0 N–H and O–H groups in total. The first-order chi connectivity index (χ1) is 14.9. The highest BCUT2D eigenvalue weighted by Gasteiger charge is 2.22. The number of methoxy groups -OCH3 is 1. The fourth-order valence-corrected chi connectivity index (χ4v) is 3.44. The molecule has 0 radical (unpaired) electrons. The Bertz CT molecular complexity index is 939. The maximum atomic E-state index is 12.5. The minimum absolute atomic E-state index is 0.0682. The molecule has 8 heteroatoms. The van der Waals surface area contributed by atoms with E-state index in [1.807, 2.05) is 39.0 Å². The molecule has 1 aliphatic rings. The van der Waals surface area contributed by atoms with Crippen LogP contribution in [-0.2, 0) is 16.2 Å². The van der Waals surface area contributed by atoms with Gasteiger partial charge < -0.3 is 23.8 Å². The predicted octanol–water partition coefficient (Wildman–Crippen LogP) is 2.97. The lowest BCUT2D eigenvalue weighted by Gasteiger charge is -2.34. The summed E-state index contributed by atoms with van der Waals surface area (Å²) in [6.45, 7) is 8.16. The Morgan fingerprint density at radius 2 is 1.84 bits per heavy atom. The summed E-state index contributed by atoms with van der Waals surface area (Å²) in [5, 5.41) is 3.93. The molecule has 0 unspecified atom stereocenters. The SMILES string of the molecule is CCC(=O)N1CCN(C(=O)/C=C/c2ccc(OCc3c(C)noc3C)c(OC)c2)CC1. The zero-order valence-corrected chi connectivity index (χ0v) is 18.5. The van der Waals surface area contributed by atoms with E-state index in [1.165, 1.54) is 0 Å². The normalized spacial score (nSPS) is 14.2. The Morgan fingerprint density at radius 1 is 1.13 bits per heavy atom. The van der Waals surface area contributed by atoms with E-state index in [0.29, 0.717) is 50.7 Å². The molecule has 0 saturated carbocycles. The van der Waals surface area contributed by atoms with Crippen molar-refractivity contribution in [3.63, 3.8) is 0 Å². The van der Waals surface area contributed by atoms with E-state index in [0.717, 1.165) is 22.6 Å². The Hall–Kier alpha value is -3.29. The Balaban J connectivity index is 1.60. The summed E-state index contributed by atoms with van der Waals surface area (Å²) in [6, 6.07) is 5.51. The highest BCUT2D eigenvalue weighted by Crippen LogP contribution is 2.30. The second kappa shape index (κ2) is 10.1. The minimum Gasteiger partial charge on any atom is -0.493 e. The van der Waals surface area contributed by atoms with Crippen molar-refractivity contribution in [1.82, 2.24) is 15.0 Å². The number of hydrogen-bond donors (Lipinski definition) is 0. The number of benzene rings is 1. The van der Waals surface area contributed by atoms with Gasteiger partial charge in [0.1, 0.15) is 12.4 Å². The molecule has 0 bridgehead atoms. The van der Waals surface area contributed by atoms with Crippen molar-refractivity contribution in [3.8, 4) is 11.5 Å². The van der Waals surface area contributed by atoms with Crippen molar-refractivity contribution in [1.29, 1.82) is 0 Å². The molecule has 0 spiro atoms. The zero-order chi connectivity index (χ0) is 22.4. The average Bonchev–Trinajstić information content (AvgIpc) is 3.12. The van der Waals surface area contributed by atoms with Crippen LogP contribution in [0.4, 0.5) is 0 Å². The first kappa shape index (κ1) is 22.4. The van der Waals surface area contributed by atoms with Gasteiger partial charge in [-0.2, -0.15) is 0 Å². The Labute approximate surface area is 182 Å². The Morgan fingerprint density at radius 3 is 2.45 bits per heavy atom. The molecule has 1 fully saturated rings. The zero-order valence-electron chi connectivity index (χ0n) is 18.5. The summed E-state index contributed by atoms with van der Waals surface area (Å²) in [7, 11) is 1.58. The van der Waals surface area contributed by atoms with E-state index in [2.05, 4.69) is 5.16 Å². The Kier molecular flexibility index (Phi) is 7.33. The highest BCUT2D eigenvalue weighted by atomic mass is 16.5. The summed E-state index contributed by atoms with van der Waals surface area (Å²) >= 11 is 0. The third-order valence-corrected chi connectivity index (χ3v) is 5.41. The topological polar surface area (TPSA) is 85.1 Å². The van der Waals surface area contributed by atoms with Crippen LogP contribution in [0.1, 0.15) is 35.9 Å². The molecular formula is C23H29N3O5. The molecule has 8 nitrogen and oxygen atoms in total. The van der Waals surface area contributed by atoms with Gasteiger partial charge in [-0.3, -0.25) is 9.59 Å². The van der Waals surface area contributed by atoms with E-state index < -0.39 is 0 Å². The van der Waals surface area contributed by atoms with Crippen LogP contribution in [0, 0.1) is 13.8 Å². The van der Waals surface area contributed by atoms with Gasteiger partial charge in [0.2, 0.25) is 11.8 Å². The number of carbonyl (C=O) groups is 2. The average molecular weight is 428 g/mol. The maximum Gasteiger partial charge on any atom is 0.246 e. The van der Waals surface area contributed by atoms with Crippen LogP contribution >= 0.6 is 0 Å². The molecule has 1 aliphatic heterocycles. The third-order valence-electron chi connectivity index (χ3n) is 5.41. The largest absolute Gasteiger partial charge is 0.493 e. The molecule has 0 atom stereocenters. The predicted molar refractivity (Wildman–Crippen MR) is 116 cm³/mol. The van der Waals surface area contributed by atoms with Crippen molar-refractivity contribution in [3.05, 3.63) is 46.9 Å². The van der Waals surface area contributed by atoms with Gasteiger partial charge in [0, 0.05) is 38.7 Å². The lowest BCUT2D eigenvalue weighted by atomic mass is 10.1. The van der Waals surface area contributed by atoms with Crippen LogP contribution in [0.3, 0.4) is 0 Å². The minimum atomic E-state index is -0.0682. The van der Waals surface area contributed by atoms with Crippen LogP contribution in [-0.4, -0.2) is 60.1 Å². The van der Waals surface area contributed by atoms with Gasteiger partial charge in [-0.1, -0.05) is 18.1 Å². The first-order valence-electron chi connectivity index (χ1n) is 10.4. The van der Waals surface area contributed by atoms with Crippen molar-refractivity contribution < 1.29 is 23.6 Å². The quantitative estimate of drug-likeness (QED) is 0.632. The fourth-order valence-electron chi connectivity index (χ4n) is 3.44. The van der Waals surface area contributed by atoms with E-state index >= 15 is 0 Å². The highest BCUT2D eigenvalue weighted by molar-refractivity contribution is 5.92. The lowest BCUT2D eigenvalue weighted by molar-refractivity contribution is -0.136.